The minimum atomic E-state index is -0.300. The van der Waals surface area contributed by atoms with Gasteiger partial charge < -0.3 is 5.32 Å². The summed E-state index contributed by atoms with van der Waals surface area (Å²) in [5.74, 6) is 0. The van der Waals surface area contributed by atoms with Crippen molar-refractivity contribution in [1.82, 2.24) is 10.3 Å². The molecule has 1 N–H and O–H groups in total. The van der Waals surface area contributed by atoms with Crippen molar-refractivity contribution in [3.05, 3.63) is 30.1 Å². The van der Waals surface area contributed by atoms with E-state index in [1.54, 1.807) is 6.20 Å². The van der Waals surface area contributed by atoms with Crippen LogP contribution in [0.3, 0.4) is 0 Å². The lowest BCUT2D eigenvalue weighted by molar-refractivity contribution is 0.261. The van der Waals surface area contributed by atoms with Crippen molar-refractivity contribution in [2.75, 3.05) is 6.54 Å². The molecule has 0 fully saturated rings. The van der Waals surface area contributed by atoms with Crippen molar-refractivity contribution in [1.29, 1.82) is 0 Å². The molecule has 3 nitrogen and oxygen atoms in total. The quantitative estimate of drug-likeness (QED) is 0.691. The maximum atomic E-state index is 10.4. The van der Waals surface area contributed by atoms with E-state index in [1.165, 1.54) is 0 Å². The Bertz CT molecular complexity index is 250. The first-order valence-corrected chi connectivity index (χ1v) is 4.10. The molecule has 0 atom stereocenters. The van der Waals surface area contributed by atoms with Gasteiger partial charge in [0.25, 0.3) is 5.24 Å². The van der Waals surface area contributed by atoms with Crippen molar-refractivity contribution in [3.8, 4) is 0 Å². The van der Waals surface area contributed by atoms with Crippen LogP contribution >= 0.6 is 12.6 Å². The highest BCUT2D eigenvalue weighted by Crippen LogP contribution is 1.93. The molecule has 64 valence electrons. The Morgan fingerprint density at radius 2 is 2.42 bits per heavy atom. The number of aromatic nitrogens is 1. The fraction of sp³-hybridized carbons (Fsp3) is 0.250. The number of rotatable bonds is 3. The number of pyridine rings is 1. The Balaban J connectivity index is 2.29. The van der Waals surface area contributed by atoms with E-state index in [0.717, 1.165) is 12.1 Å². The van der Waals surface area contributed by atoms with Gasteiger partial charge in [0.05, 0.1) is 0 Å². The number of nitrogens with one attached hydrogen (secondary N) is 1. The van der Waals surface area contributed by atoms with Crippen molar-refractivity contribution < 1.29 is 4.79 Å². The highest BCUT2D eigenvalue weighted by molar-refractivity contribution is 7.96. The molecule has 1 heterocycles. The number of amides is 1. The van der Waals surface area contributed by atoms with Crippen molar-refractivity contribution in [2.45, 2.75) is 6.42 Å². The highest BCUT2D eigenvalue weighted by atomic mass is 32.1. The summed E-state index contributed by atoms with van der Waals surface area (Å²) in [7, 11) is 0. The van der Waals surface area contributed by atoms with Crippen LogP contribution in [0.25, 0.3) is 0 Å². The molecule has 1 amide bonds. The third-order valence-electron chi connectivity index (χ3n) is 1.38. The Morgan fingerprint density at radius 3 is 3.00 bits per heavy atom. The van der Waals surface area contributed by atoms with Gasteiger partial charge in [-0.1, -0.05) is 18.7 Å². The summed E-state index contributed by atoms with van der Waals surface area (Å²) < 4.78 is 0. The van der Waals surface area contributed by atoms with Crippen LogP contribution in [0, 0.1) is 0 Å². The highest BCUT2D eigenvalue weighted by Gasteiger charge is 1.93. The average Bonchev–Trinajstić information content (AvgIpc) is 2.05. The second-order valence-corrected chi connectivity index (χ2v) is 2.71. The van der Waals surface area contributed by atoms with Crippen LogP contribution in [-0.2, 0) is 6.42 Å². The predicted octanol–water partition coefficient (Wildman–Crippen LogP) is 1.26. The van der Waals surface area contributed by atoms with E-state index in [9.17, 15) is 4.79 Å². The molecular formula is C8H10N2OS. The van der Waals surface area contributed by atoms with Gasteiger partial charge >= 0.3 is 0 Å². The molecule has 12 heavy (non-hydrogen) atoms. The summed E-state index contributed by atoms with van der Waals surface area (Å²) in [6.07, 6.45) is 2.48. The van der Waals surface area contributed by atoms with Gasteiger partial charge in [-0.25, -0.2) is 0 Å². The second-order valence-electron chi connectivity index (χ2n) is 2.30. The molecule has 0 saturated carbocycles. The molecule has 0 bridgehead atoms. The van der Waals surface area contributed by atoms with Gasteiger partial charge in [0.1, 0.15) is 0 Å². The normalized spacial score (nSPS) is 9.42. The van der Waals surface area contributed by atoms with Gasteiger partial charge in [0, 0.05) is 24.9 Å². The number of hydrogen-bond donors (Lipinski definition) is 2. The van der Waals surface area contributed by atoms with Crippen LogP contribution in [0.5, 0.6) is 0 Å². The lowest BCUT2D eigenvalue weighted by Gasteiger charge is -1.99. The molecule has 1 aromatic rings. The zero-order valence-electron chi connectivity index (χ0n) is 6.53. The Morgan fingerprint density at radius 1 is 1.58 bits per heavy atom. The number of nitrogens with zero attached hydrogens (tertiary/aromatic N) is 1. The van der Waals surface area contributed by atoms with Gasteiger partial charge in [-0.15, -0.1) is 0 Å². The molecule has 0 aliphatic rings. The topological polar surface area (TPSA) is 42.0 Å². The van der Waals surface area contributed by atoms with Gasteiger partial charge in [-0.05, 0) is 12.1 Å². The van der Waals surface area contributed by atoms with Crippen molar-refractivity contribution >= 4 is 17.9 Å². The van der Waals surface area contributed by atoms with Crippen LogP contribution in [0.15, 0.2) is 24.4 Å². The summed E-state index contributed by atoms with van der Waals surface area (Å²) in [4.78, 5) is 14.5. The van der Waals surface area contributed by atoms with Gasteiger partial charge in [-0.2, -0.15) is 0 Å². The van der Waals surface area contributed by atoms with E-state index in [0.29, 0.717) is 6.54 Å². The maximum Gasteiger partial charge on any atom is 0.275 e. The molecule has 0 aliphatic heterocycles. The molecule has 0 aromatic carbocycles. The van der Waals surface area contributed by atoms with Crippen LogP contribution in [0.1, 0.15) is 5.69 Å². The number of hydrogen-bond acceptors (Lipinski definition) is 2. The summed E-state index contributed by atoms with van der Waals surface area (Å²) in [5, 5.41) is 2.28. The van der Waals surface area contributed by atoms with E-state index < -0.39 is 0 Å². The lowest BCUT2D eigenvalue weighted by Crippen LogP contribution is -2.19. The molecular weight excluding hydrogens is 172 g/mol. The third-order valence-corrected chi connectivity index (χ3v) is 1.54. The standard InChI is InChI=1S/C8H10N2OS/c11-8(12)10-6-4-7-3-1-2-5-9-7/h1-3,5H,4,6H2,(H2,10,11,12). The monoisotopic (exact) mass is 182 g/mol. The van der Waals surface area contributed by atoms with Crippen molar-refractivity contribution in [2.24, 2.45) is 0 Å². The van der Waals surface area contributed by atoms with E-state index >= 15 is 0 Å². The molecule has 0 spiro atoms. The predicted molar refractivity (Wildman–Crippen MR) is 50.3 cm³/mol. The fourth-order valence-electron chi connectivity index (χ4n) is 0.844. The first-order chi connectivity index (χ1) is 5.79. The smallest absolute Gasteiger partial charge is 0.275 e. The van der Waals surface area contributed by atoms with E-state index in [4.69, 9.17) is 0 Å². The molecule has 1 aromatic heterocycles. The summed E-state index contributed by atoms with van der Waals surface area (Å²) in [6.45, 7) is 0.583. The van der Waals surface area contributed by atoms with Crippen LogP contribution < -0.4 is 5.32 Å². The van der Waals surface area contributed by atoms with Gasteiger partial charge in [0.15, 0.2) is 0 Å². The van der Waals surface area contributed by atoms with Crippen LogP contribution in [0.2, 0.25) is 0 Å². The lowest BCUT2D eigenvalue weighted by atomic mass is 10.3. The molecule has 4 heteroatoms. The second kappa shape index (κ2) is 4.77. The van der Waals surface area contributed by atoms with E-state index in [-0.39, 0.29) is 5.24 Å². The van der Waals surface area contributed by atoms with Crippen molar-refractivity contribution in [3.63, 3.8) is 0 Å². The molecule has 0 aliphatic carbocycles. The minimum absolute atomic E-state index is 0.300. The molecule has 0 unspecified atom stereocenters. The zero-order valence-corrected chi connectivity index (χ0v) is 7.42. The van der Waals surface area contributed by atoms with Gasteiger partial charge in [0.2, 0.25) is 0 Å². The Kier molecular flexibility index (Phi) is 3.60. The number of thiol groups is 1. The zero-order chi connectivity index (χ0) is 8.81. The Hall–Kier alpha value is -1.03. The van der Waals surface area contributed by atoms with Crippen LogP contribution in [0.4, 0.5) is 4.79 Å². The average molecular weight is 182 g/mol. The summed E-state index contributed by atoms with van der Waals surface area (Å²) in [6, 6.07) is 5.70. The largest absolute Gasteiger partial charge is 0.347 e. The maximum absolute atomic E-state index is 10.4. The summed E-state index contributed by atoms with van der Waals surface area (Å²) >= 11 is 3.57. The minimum Gasteiger partial charge on any atom is -0.347 e. The van der Waals surface area contributed by atoms with E-state index in [2.05, 4.69) is 22.9 Å². The third kappa shape index (κ3) is 3.39. The van der Waals surface area contributed by atoms with Gasteiger partial charge in [-0.3, -0.25) is 9.78 Å². The first kappa shape index (κ1) is 9.06. The summed E-state index contributed by atoms with van der Waals surface area (Å²) in [5.41, 5.74) is 0.972. The van der Waals surface area contributed by atoms with E-state index in [1.807, 2.05) is 18.2 Å². The first-order valence-electron chi connectivity index (χ1n) is 3.66. The number of carbonyl (C=O) groups excluding carboxylic acids is 1. The molecule has 1 rings (SSSR count). The van der Waals surface area contributed by atoms with Crippen LogP contribution in [-0.4, -0.2) is 16.8 Å². The Labute approximate surface area is 76.6 Å². The molecule has 0 radical (unpaired) electrons. The molecule has 0 saturated heterocycles. The fourth-order valence-corrected chi connectivity index (χ4v) is 0.955. The number of carbonyl (C=O) groups is 1. The SMILES string of the molecule is O=C(S)NCCc1ccccn1.